The molecule has 5 nitrogen and oxygen atoms in total. The summed E-state index contributed by atoms with van der Waals surface area (Å²) >= 11 is 1.54. The summed E-state index contributed by atoms with van der Waals surface area (Å²) in [6.45, 7) is 2.07. The van der Waals surface area contributed by atoms with Crippen LogP contribution in [-0.4, -0.2) is 53.2 Å². The molecule has 2 heterocycles. The molecule has 0 radical (unpaired) electrons. The first kappa shape index (κ1) is 16.9. The fourth-order valence-corrected chi connectivity index (χ4v) is 9.01. The van der Waals surface area contributed by atoms with E-state index in [1.807, 2.05) is 0 Å². The molecule has 4 fully saturated rings. The third-order valence-electron chi connectivity index (χ3n) is 6.13. The van der Waals surface area contributed by atoms with E-state index in [2.05, 4.69) is 16.8 Å². The number of carbonyl (C=O) groups excluding carboxylic acids is 1. The molecule has 2 saturated heterocycles. The molecular weight excluding hydrogens is 344 g/mol. The predicted octanol–water partition coefficient (Wildman–Crippen LogP) is 2.46. The summed E-state index contributed by atoms with van der Waals surface area (Å²) in [6, 6.07) is 0.430. The van der Waals surface area contributed by atoms with Crippen molar-refractivity contribution in [2.24, 2.45) is 16.8 Å². The summed E-state index contributed by atoms with van der Waals surface area (Å²) in [5, 5.41) is 0.880. The first-order valence-corrected chi connectivity index (χ1v) is 11.9. The third kappa shape index (κ3) is 3.02. The Kier molecular flexibility index (Phi) is 4.44. The van der Waals surface area contributed by atoms with Crippen LogP contribution in [0.4, 0.5) is 0 Å². The number of nitrogens with zero attached hydrogens (tertiary/aromatic N) is 2. The van der Waals surface area contributed by atoms with Gasteiger partial charge in [0.05, 0.1) is 17.5 Å². The molecule has 7 heteroatoms. The molecule has 4 rings (SSSR count). The minimum Gasteiger partial charge on any atom is -0.343 e. The topological polar surface area (TPSA) is 66.8 Å². The Balaban J connectivity index is 1.59. The lowest BCUT2D eigenvalue weighted by molar-refractivity contribution is -0.117. The Morgan fingerprint density at radius 1 is 1.25 bits per heavy atom. The number of fused-ring (bicyclic) bond motifs is 3. The van der Waals surface area contributed by atoms with Gasteiger partial charge in [0, 0.05) is 17.7 Å². The summed E-state index contributed by atoms with van der Waals surface area (Å²) in [6.07, 6.45) is 7.34. The highest BCUT2D eigenvalue weighted by molar-refractivity contribution is 8.15. The van der Waals surface area contributed by atoms with Gasteiger partial charge in [0.2, 0.25) is 5.91 Å². The highest BCUT2D eigenvalue weighted by atomic mass is 32.2. The maximum absolute atomic E-state index is 12.2. The monoisotopic (exact) mass is 370 g/mol. The Labute approximate surface area is 148 Å². The van der Waals surface area contributed by atoms with Crippen LogP contribution < -0.4 is 0 Å². The number of amidine groups is 1. The van der Waals surface area contributed by atoms with E-state index in [4.69, 9.17) is 0 Å². The van der Waals surface area contributed by atoms with Crippen LogP contribution in [0.2, 0.25) is 0 Å². The third-order valence-corrected chi connectivity index (χ3v) is 9.35. The van der Waals surface area contributed by atoms with Gasteiger partial charge in [-0.15, -0.1) is 0 Å². The molecule has 0 aromatic heterocycles. The lowest BCUT2D eigenvalue weighted by Crippen LogP contribution is -2.47. The van der Waals surface area contributed by atoms with Crippen molar-refractivity contribution in [1.82, 2.24) is 4.90 Å². The quantitative estimate of drug-likeness (QED) is 0.760. The number of amides is 1. The van der Waals surface area contributed by atoms with Crippen molar-refractivity contribution in [3.63, 3.8) is 0 Å². The highest BCUT2D eigenvalue weighted by Crippen LogP contribution is 2.51. The van der Waals surface area contributed by atoms with E-state index in [-0.39, 0.29) is 28.7 Å². The highest BCUT2D eigenvalue weighted by Gasteiger charge is 2.54. The normalized spacial score (nSPS) is 41.3. The molecule has 2 bridgehead atoms. The number of hydrogen-bond acceptors (Lipinski definition) is 4. The van der Waals surface area contributed by atoms with Gasteiger partial charge < -0.3 is 4.90 Å². The van der Waals surface area contributed by atoms with Crippen LogP contribution in [0.3, 0.4) is 0 Å². The van der Waals surface area contributed by atoms with Crippen LogP contribution in [-0.2, 0) is 14.6 Å². The van der Waals surface area contributed by atoms with Crippen molar-refractivity contribution in [1.29, 1.82) is 0 Å². The number of hydrogen-bond donors (Lipinski definition) is 0. The van der Waals surface area contributed by atoms with E-state index in [1.165, 1.54) is 19.3 Å². The fraction of sp³-hybridized carbons (Fsp3) is 0.882. The minimum absolute atomic E-state index is 0.0297. The van der Waals surface area contributed by atoms with Crippen LogP contribution in [0.25, 0.3) is 0 Å². The standard InChI is InChI=1S/C17H26N2O3S2/c1-2-3-4-16(20)18-17-19(13-8-11-5-6-12(13)7-11)14-9-24(21,22)10-15(14)23-17/h11-15H,2-10H2,1H3/t11-,12-,13-,14-,15-/m1/s1. The summed E-state index contributed by atoms with van der Waals surface area (Å²) in [5.74, 6) is 1.88. The van der Waals surface area contributed by atoms with Crippen LogP contribution in [0.15, 0.2) is 4.99 Å². The summed E-state index contributed by atoms with van der Waals surface area (Å²) in [7, 11) is -2.95. The van der Waals surface area contributed by atoms with Crippen molar-refractivity contribution in [2.75, 3.05) is 11.5 Å². The van der Waals surface area contributed by atoms with E-state index in [0.29, 0.717) is 18.4 Å². The number of unbranched alkanes of at least 4 members (excludes halogenated alkanes) is 1. The molecule has 24 heavy (non-hydrogen) atoms. The zero-order chi connectivity index (χ0) is 16.9. The van der Waals surface area contributed by atoms with Crippen LogP contribution in [0.5, 0.6) is 0 Å². The Morgan fingerprint density at radius 3 is 2.75 bits per heavy atom. The van der Waals surface area contributed by atoms with Crippen molar-refractivity contribution in [3.05, 3.63) is 0 Å². The van der Waals surface area contributed by atoms with Crippen molar-refractivity contribution < 1.29 is 13.2 Å². The van der Waals surface area contributed by atoms with Crippen molar-refractivity contribution >= 4 is 32.7 Å². The number of sulfone groups is 1. The molecule has 2 aliphatic heterocycles. The summed E-state index contributed by atoms with van der Waals surface area (Å²) < 4.78 is 24.2. The van der Waals surface area contributed by atoms with Crippen LogP contribution in [0, 0.1) is 11.8 Å². The molecular formula is C17H26N2O3S2. The lowest BCUT2D eigenvalue weighted by atomic mass is 9.93. The van der Waals surface area contributed by atoms with E-state index < -0.39 is 9.84 Å². The molecule has 4 aliphatic rings. The van der Waals surface area contributed by atoms with Gasteiger partial charge in [-0.2, -0.15) is 4.99 Å². The number of carbonyl (C=O) groups is 1. The van der Waals surface area contributed by atoms with Crippen LogP contribution >= 0.6 is 11.8 Å². The zero-order valence-electron chi connectivity index (χ0n) is 14.2. The van der Waals surface area contributed by atoms with Crippen LogP contribution in [0.1, 0.15) is 51.9 Å². The van der Waals surface area contributed by atoms with Gasteiger partial charge in [0.15, 0.2) is 15.0 Å². The second-order valence-electron chi connectivity index (χ2n) is 7.84. The molecule has 0 aromatic rings. The molecule has 0 aromatic carbocycles. The summed E-state index contributed by atoms with van der Waals surface area (Å²) in [5.41, 5.74) is 0. The molecule has 2 saturated carbocycles. The molecule has 1 amide bonds. The SMILES string of the molecule is CCCCC(=O)N=C1S[C@@H]2CS(=O)(=O)C[C@H]2N1[C@@H]1C[C@@H]2CC[C@@H]1C2. The van der Waals surface area contributed by atoms with Gasteiger partial charge in [0.25, 0.3) is 0 Å². The maximum Gasteiger partial charge on any atom is 0.248 e. The first-order valence-electron chi connectivity index (χ1n) is 9.24. The Hall–Kier alpha value is -0.560. The Bertz CT molecular complexity index is 661. The van der Waals surface area contributed by atoms with Gasteiger partial charge >= 0.3 is 0 Å². The number of thioether (sulfide) groups is 1. The van der Waals surface area contributed by atoms with E-state index in [9.17, 15) is 13.2 Å². The van der Waals surface area contributed by atoms with E-state index in [0.717, 1.165) is 30.3 Å². The van der Waals surface area contributed by atoms with Gasteiger partial charge in [-0.05, 0) is 37.5 Å². The predicted molar refractivity (Wildman–Crippen MR) is 96.9 cm³/mol. The number of rotatable bonds is 4. The van der Waals surface area contributed by atoms with Gasteiger partial charge in [0.1, 0.15) is 0 Å². The second kappa shape index (κ2) is 6.31. The maximum atomic E-state index is 12.2. The molecule has 0 unspecified atom stereocenters. The van der Waals surface area contributed by atoms with Gasteiger partial charge in [-0.25, -0.2) is 8.42 Å². The molecule has 2 aliphatic carbocycles. The smallest absolute Gasteiger partial charge is 0.248 e. The van der Waals surface area contributed by atoms with Crippen molar-refractivity contribution in [2.45, 2.75) is 69.2 Å². The molecule has 5 atom stereocenters. The zero-order valence-corrected chi connectivity index (χ0v) is 15.8. The average molecular weight is 371 g/mol. The van der Waals surface area contributed by atoms with Gasteiger partial charge in [-0.1, -0.05) is 31.5 Å². The average Bonchev–Trinajstić information content (AvgIpc) is 3.24. The minimum atomic E-state index is -2.95. The van der Waals surface area contributed by atoms with Crippen molar-refractivity contribution in [3.8, 4) is 0 Å². The second-order valence-corrected chi connectivity index (χ2v) is 11.2. The molecule has 134 valence electrons. The number of aliphatic imine (C=N–C) groups is 1. The largest absolute Gasteiger partial charge is 0.343 e. The van der Waals surface area contributed by atoms with Gasteiger partial charge in [-0.3, -0.25) is 4.79 Å². The molecule has 0 N–H and O–H groups in total. The Morgan fingerprint density at radius 2 is 2.08 bits per heavy atom. The summed E-state index contributed by atoms with van der Waals surface area (Å²) in [4.78, 5) is 18.9. The molecule has 0 spiro atoms. The fourth-order valence-electron chi connectivity index (χ4n) is 5.02. The van der Waals surface area contributed by atoms with E-state index >= 15 is 0 Å². The lowest BCUT2D eigenvalue weighted by Gasteiger charge is -2.36. The van der Waals surface area contributed by atoms with E-state index in [1.54, 1.807) is 11.8 Å². The first-order chi connectivity index (χ1) is 11.5.